The predicted molar refractivity (Wildman–Crippen MR) is 126 cm³/mol. The minimum atomic E-state index is -0.219. The molecular formula is C25H30FN5. The molecule has 1 aromatic carbocycles. The number of aromatic amines is 1. The molecule has 2 aromatic heterocycles. The minimum absolute atomic E-state index is 0.219. The van der Waals surface area contributed by atoms with Gasteiger partial charge in [0.25, 0.3) is 0 Å². The number of halogens is 1. The summed E-state index contributed by atoms with van der Waals surface area (Å²) in [4.78, 5) is 4.07. The molecule has 0 saturated carbocycles. The first-order chi connectivity index (χ1) is 14.9. The molecule has 0 bridgehead atoms. The molecule has 1 aliphatic rings. The Morgan fingerprint density at radius 3 is 2.55 bits per heavy atom. The van der Waals surface area contributed by atoms with Crippen molar-refractivity contribution in [2.45, 2.75) is 26.7 Å². The van der Waals surface area contributed by atoms with Crippen LogP contribution in [0.5, 0.6) is 0 Å². The van der Waals surface area contributed by atoms with Crippen molar-refractivity contribution in [3.05, 3.63) is 84.9 Å². The zero-order chi connectivity index (χ0) is 22.2. The average molecular weight is 420 g/mol. The summed E-state index contributed by atoms with van der Waals surface area (Å²) >= 11 is 0. The lowest BCUT2D eigenvalue weighted by Crippen LogP contribution is -2.29. The first-order valence-electron chi connectivity index (χ1n) is 10.5. The van der Waals surface area contributed by atoms with E-state index < -0.39 is 0 Å². The molecule has 4 rings (SSSR count). The number of allylic oxidation sites excluding steroid dienone is 2. The first kappa shape index (κ1) is 22.4. The van der Waals surface area contributed by atoms with Gasteiger partial charge < -0.3 is 10.6 Å². The van der Waals surface area contributed by atoms with E-state index in [9.17, 15) is 4.39 Å². The Labute approximate surface area is 183 Å². The standard InChI is InChI=1S/C13H20N4.C12H10FN/c1-9(2)13-12(8-15-17-13)16-10(3)11-4-6-14-7-5-11;1-9-5-11(8-14-7-9)10-3-2-4-12(13)6-10/h8,11,14,16H,1,3-7H2,2H3,(H,15,17);2-8H,1H3. The highest BCUT2D eigenvalue weighted by atomic mass is 19.1. The summed E-state index contributed by atoms with van der Waals surface area (Å²) in [5.74, 6) is 0.327. The zero-order valence-electron chi connectivity index (χ0n) is 18.2. The van der Waals surface area contributed by atoms with Crippen molar-refractivity contribution >= 4 is 11.3 Å². The zero-order valence-corrected chi connectivity index (χ0v) is 18.2. The van der Waals surface area contributed by atoms with Crippen molar-refractivity contribution in [1.29, 1.82) is 0 Å². The van der Waals surface area contributed by atoms with Crippen LogP contribution in [0.2, 0.25) is 0 Å². The molecule has 1 aliphatic heterocycles. The van der Waals surface area contributed by atoms with Gasteiger partial charge in [-0.15, -0.1) is 0 Å². The summed E-state index contributed by atoms with van der Waals surface area (Å²) in [6, 6.07) is 8.51. The maximum atomic E-state index is 12.9. The molecule has 0 radical (unpaired) electrons. The van der Waals surface area contributed by atoms with Crippen LogP contribution >= 0.6 is 0 Å². The van der Waals surface area contributed by atoms with Crippen LogP contribution in [0.3, 0.4) is 0 Å². The lowest BCUT2D eigenvalue weighted by Gasteiger charge is -2.25. The van der Waals surface area contributed by atoms with E-state index >= 15 is 0 Å². The summed E-state index contributed by atoms with van der Waals surface area (Å²) in [6.45, 7) is 14.1. The van der Waals surface area contributed by atoms with Gasteiger partial charge in [-0.25, -0.2) is 4.39 Å². The molecule has 6 heteroatoms. The molecule has 0 spiro atoms. The highest BCUT2D eigenvalue weighted by molar-refractivity contribution is 5.71. The molecular weight excluding hydrogens is 389 g/mol. The Bertz CT molecular complexity index is 990. The van der Waals surface area contributed by atoms with E-state index in [1.54, 1.807) is 24.7 Å². The quantitative estimate of drug-likeness (QED) is 0.506. The highest BCUT2D eigenvalue weighted by Gasteiger charge is 2.17. The van der Waals surface area contributed by atoms with Crippen LogP contribution in [0.25, 0.3) is 16.7 Å². The van der Waals surface area contributed by atoms with E-state index in [4.69, 9.17) is 0 Å². The molecule has 3 aromatic rings. The number of H-pyrrole nitrogens is 1. The average Bonchev–Trinajstić information content (AvgIpc) is 3.23. The van der Waals surface area contributed by atoms with Crippen LogP contribution in [0, 0.1) is 18.7 Å². The van der Waals surface area contributed by atoms with Gasteiger partial charge in [-0.3, -0.25) is 10.1 Å². The largest absolute Gasteiger partial charge is 0.356 e. The molecule has 0 amide bonds. The summed E-state index contributed by atoms with van der Waals surface area (Å²) < 4.78 is 12.9. The molecule has 0 aliphatic carbocycles. The number of benzene rings is 1. The SMILES string of the molecule is C=C(C)c1[nH]ncc1NC(=C)C1CCNCC1.Cc1cncc(-c2cccc(F)c2)c1. The number of aromatic nitrogens is 3. The first-order valence-corrected chi connectivity index (χ1v) is 10.5. The molecule has 1 fully saturated rings. The van der Waals surface area contributed by atoms with E-state index in [-0.39, 0.29) is 5.82 Å². The molecule has 1 saturated heterocycles. The van der Waals surface area contributed by atoms with Gasteiger partial charge in [-0.05, 0) is 74.7 Å². The Balaban J connectivity index is 0.000000179. The van der Waals surface area contributed by atoms with Crippen molar-refractivity contribution in [2.75, 3.05) is 18.4 Å². The van der Waals surface area contributed by atoms with E-state index in [1.165, 1.54) is 12.1 Å². The van der Waals surface area contributed by atoms with Gasteiger partial charge in [0.05, 0.1) is 17.6 Å². The van der Waals surface area contributed by atoms with Crippen LogP contribution in [0.15, 0.2) is 67.8 Å². The van der Waals surface area contributed by atoms with Gasteiger partial charge in [0.1, 0.15) is 5.82 Å². The molecule has 3 N–H and O–H groups in total. The fourth-order valence-electron chi connectivity index (χ4n) is 3.53. The molecule has 162 valence electrons. The molecule has 0 unspecified atom stereocenters. The van der Waals surface area contributed by atoms with Crippen LogP contribution < -0.4 is 10.6 Å². The van der Waals surface area contributed by atoms with Crippen molar-refractivity contribution in [3.63, 3.8) is 0 Å². The van der Waals surface area contributed by atoms with Gasteiger partial charge >= 0.3 is 0 Å². The number of hydrogen-bond donors (Lipinski definition) is 3. The minimum Gasteiger partial charge on any atom is -0.356 e. The van der Waals surface area contributed by atoms with Crippen molar-refractivity contribution in [1.82, 2.24) is 20.5 Å². The fourth-order valence-corrected chi connectivity index (χ4v) is 3.53. The summed E-state index contributed by atoms with van der Waals surface area (Å²) in [5, 5.41) is 13.7. The Kier molecular flexibility index (Phi) is 7.73. The smallest absolute Gasteiger partial charge is 0.123 e. The van der Waals surface area contributed by atoms with Gasteiger partial charge in [-0.2, -0.15) is 5.10 Å². The molecule has 0 atom stereocenters. The lowest BCUT2D eigenvalue weighted by molar-refractivity contribution is 0.422. The Morgan fingerprint density at radius 2 is 1.87 bits per heavy atom. The van der Waals surface area contributed by atoms with E-state index in [0.717, 1.165) is 65.3 Å². The number of nitrogens with zero attached hydrogens (tertiary/aromatic N) is 2. The van der Waals surface area contributed by atoms with Crippen molar-refractivity contribution < 1.29 is 4.39 Å². The number of nitrogens with one attached hydrogen (secondary N) is 3. The third-order valence-electron chi connectivity index (χ3n) is 5.23. The van der Waals surface area contributed by atoms with E-state index in [1.807, 2.05) is 26.0 Å². The Hall–Kier alpha value is -3.25. The molecule has 5 nitrogen and oxygen atoms in total. The van der Waals surface area contributed by atoms with Crippen molar-refractivity contribution in [2.24, 2.45) is 5.92 Å². The van der Waals surface area contributed by atoms with Crippen LogP contribution in [0.1, 0.15) is 31.0 Å². The Morgan fingerprint density at radius 1 is 1.10 bits per heavy atom. The number of piperidine rings is 1. The lowest BCUT2D eigenvalue weighted by atomic mass is 9.95. The van der Waals surface area contributed by atoms with Gasteiger partial charge in [-0.1, -0.05) is 25.3 Å². The predicted octanol–water partition coefficient (Wildman–Crippen LogP) is 5.56. The van der Waals surface area contributed by atoms with Gasteiger partial charge in [0, 0.05) is 29.6 Å². The van der Waals surface area contributed by atoms with E-state index in [0.29, 0.717) is 5.92 Å². The number of rotatable bonds is 5. The second kappa shape index (κ2) is 10.7. The topological polar surface area (TPSA) is 65.6 Å². The second-order valence-corrected chi connectivity index (χ2v) is 7.87. The van der Waals surface area contributed by atoms with Gasteiger partial charge in [0.2, 0.25) is 0 Å². The summed E-state index contributed by atoms with van der Waals surface area (Å²) in [6.07, 6.45) is 7.60. The third-order valence-corrected chi connectivity index (χ3v) is 5.23. The summed E-state index contributed by atoms with van der Waals surface area (Å²) in [5.41, 5.74) is 6.87. The highest BCUT2D eigenvalue weighted by Crippen LogP contribution is 2.25. The molecule has 31 heavy (non-hydrogen) atoms. The van der Waals surface area contributed by atoms with Crippen molar-refractivity contribution in [3.8, 4) is 11.1 Å². The van der Waals surface area contributed by atoms with E-state index in [2.05, 4.69) is 39.0 Å². The van der Waals surface area contributed by atoms with Gasteiger partial charge in [0.15, 0.2) is 0 Å². The normalized spacial score (nSPS) is 13.8. The second-order valence-electron chi connectivity index (χ2n) is 7.87. The van der Waals surface area contributed by atoms with Crippen LogP contribution in [0.4, 0.5) is 10.1 Å². The summed E-state index contributed by atoms with van der Waals surface area (Å²) in [7, 11) is 0. The maximum Gasteiger partial charge on any atom is 0.123 e. The maximum absolute atomic E-state index is 12.9. The number of aryl methyl sites for hydroxylation is 1. The monoisotopic (exact) mass is 419 g/mol. The number of anilines is 1. The number of pyridine rings is 1. The third kappa shape index (κ3) is 6.36. The van der Waals surface area contributed by atoms with Crippen LogP contribution in [-0.2, 0) is 0 Å². The number of hydrogen-bond acceptors (Lipinski definition) is 4. The fraction of sp³-hybridized carbons (Fsp3) is 0.280. The molecule has 3 heterocycles. The van der Waals surface area contributed by atoms with Crippen LogP contribution in [-0.4, -0.2) is 28.3 Å².